The minimum atomic E-state index is 0.167. The van der Waals surface area contributed by atoms with E-state index in [1.807, 2.05) is 0 Å². The van der Waals surface area contributed by atoms with Crippen LogP contribution in [0.3, 0.4) is 0 Å². The number of hydrogen-bond acceptors (Lipinski definition) is 2. The second-order valence-corrected chi connectivity index (χ2v) is 5.74. The van der Waals surface area contributed by atoms with Gasteiger partial charge in [0.15, 0.2) is 23.0 Å². The lowest BCUT2D eigenvalue weighted by atomic mass is 10.2. The van der Waals surface area contributed by atoms with Gasteiger partial charge < -0.3 is 9.47 Å². The van der Waals surface area contributed by atoms with Gasteiger partial charge in [0.2, 0.25) is 0 Å². The van der Waals surface area contributed by atoms with Crippen LogP contribution in [-0.4, -0.2) is 0 Å². The smallest absolute Gasteiger partial charge is 0.190 e. The van der Waals surface area contributed by atoms with Crippen molar-refractivity contribution in [2.45, 2.75) is 0 Å². The van der Waals surface area contributed by atoms with Gasteiger partial charge in [-0.15, -0.1) is 0 Å². The van der Waals surface area contributed by atoms with Crippen molar-refractivity contribution in [1.29, 1.82) is 0 Å². The van der Waals surface area contributed by atoms with E-state index in [0.29, 0.717) is 27.3 Å². The second kappa shape index (κ2) is 4.80. The molecule has 19 heavy (non-hydrogen) atoms. The molecule has 0 atom stereocenters. The van der Waals surface area contributed by atoms with Crippen LogP contribution in [0.15, 0.2) is 18.2 Å². The van der Waals surface area contributed by atoms with Gasteiger partial charge in [-0.1, -0.05) is 58.0 Å². The maximum absolute atomic E-state index is 6.08. The number of ether oxygens (including phenoxy) is 2. The standard InChI is InChI=1S/C12H3Cl5O2/c13-4-1-6(15)11-7(2-4)18-8-3-5(14)9(16)10(17)12(8)19-11/h1-3H. The Morgan fingerprint density at radius 3 is 2.05 bits per heavy atom. The Bertz CT molecular complexity index is 699. The molecule has 0 bridgehead atoms. The van der Waals surface area contributed by atoms with E-state index in [-0.39, 0.29) is 20.8 Å². The van der Waals surface area contributed by atoms with E-state index in [0.717, 1.165) is 0 Å². The van der Waals surface area contributed by atoms with E-state index >= 15 is 0 Å². The molecular weight excluding hydrogens is 353 g/mol. The maximum atomic E-state index is 6.08. The zero-order valence-electron chi connectivity index (χ0n) is 8.94. The van der Waals surface area contributed by atoms with Crippen LogP contribution in [0, 0.1) is 0 Å². The van der Waals surface area contributed by atoms with Crippen molar-refractivity contribution in [2.24, 2.45) is 0 Å². The minimum Gasteiger partial charge on any atom is -0.449 e. The van der Waals surface area contributed by atoms with Gasteiger partial charge in [-0.3, -0.25) is 0 Å². The van der Waals surface area contributed by atoms with Gasteiger partial charge in [0.05, 0.1) is 15.1 Å². The second-order valence-electron chi connectivity index (χ2n) is 3.73. The van der Waals surface area contributed by atoms with Gasteiger partial charge in [-0.05, 0) is 6.07 Å². The van der Waals surface area contributed by atoms with Crippen molar-refractivity contribution in [3.63, 3.8) is 0 Å². The summed E-state index contributed by atoms with van der Waals surface area (Å²) in [7, 11) is 0. The van der Waals surface area contributed by atoms with Gasteiger partial charge in [-0.25, -0.2) is 0 Å². The summed E-state index contributed by atoms with van der Waals surface area (Å²) in [5.41, 5.74) is 0. The van der Waals surface area contributed by atoms with Gasteiger partial charge in [0.25, 0.3) is 0 Å². The molecule has 0 aromatic heterocycles. The van der Waals surface area contributed by atoms with Gasteiger partial charge in [0.1, 0.15) is 5.02 Å². The Morgan fingerprint density at radius 2 is 1.32 bits per heavy atom. The van der Waals surface area contributed by atoms with Crippen molar-refractivity contribution in [1.82, 2.24) is 0 Å². The van der Waals surface area contributed by atoms with E-state index in [9.17, 15) is 0 Å². The van der Waals surface area contributed by atoms with Crippen molar-refractivity contribution in [2.75, 3.05) is 0 Å². The fourth-order valence-electron chi connectivity index (χ4n) is 1.66. The quantitative estimate of drug-likeness (QED) is 0.410. The lowest BCUT2D eigenvalue weighted by Gasteiger charge is -2.23. The average molecular weight is 356 g/mol. The van der Waals surface area contributed by atoms with Crippen LogP contribution in [-0.2, 0) is 0 Å². The summed E-state index contributed by atoms with van der Waals surface area (Å²) in [6.45, 7) is 0. The highest BCUT2D eigenvalue weighted by Crippen LogP contribution is 2.54. The van der Waals surface area contributed by atoms with E-state index in [4.69, 9.17) is 67.5 Å². The molecule has 0 saturated heterocycles. The molecule has 3 rings (SSSR count). The molecule has 1 aliphatic heterocycles. The van der Waals surface area contributed by atoms with Crippen LogP contribution >= 0.6 is 58.0 Å². The molecule has 0 amide bonds. The van der Waals surface area contributed by atoms with Crippen molar-refractivity contribution in [3.8, 4) is 23.0 Å². The molecule has 0 aliphatic carbocycles. The highest BCUT2D eigenvalue weighted by Gasteiger charge is 2.26. The molecule has 0 fully saturated rings. The fourth-order valence-corrected chi connectivity index (χ4v) is 2.79. The van der Waals surface area contributed by atoms with E-state index in [1.54, 1.807) is 12.1 Å². The summed E-state index contributed by atoms with van der Waals surface area (Å²) in [6.07, 6.45) is 0. The summed E-state index contributed by atoms with van der Waals surface area (Å²) >= 11 is 29.9. The highest BCUT2D eigenvalue weighted by molar-refractivity contribution is 6.49. The Labute approximate surface area is 133 Å². The predicted octanol–water partition coefficient (Wildman–Crippen LogP) is 6.85. The third-order valence-electron chi connectivity index (χ3n) is 2.48. The van der Waals surface area contributed by atoms with Gasteiger partial charge in [0, 0.05) is 17.2 Å². The van der Waals surface area contributed by atoms with E-state index in [2.05, 4.69) is 0 Å². The maximum Gasteiger partial charge on any atom is 0.190 e. The van der Waals surface area contributed by atoms with Crippen molar-refractivity contribution in [3.05, 3.63) is 43.3 Å². The minimum absolute atomic E-state index is 0.167. The predicted molar refractivity (Wildman–Crippen MR) is 78.1 cm³/mol. The Morgan fingerprint density at radius 1 is 0.632 bits per heavy atom. The molecule has 0 unspecified atom stereocenters. The zero-order valence-corrected chi connectivity index (χ0v) is 12.7. The summed E-state index contributed by atoms with van der Waals surface area (Å²) in [5, 5.41) is 1.38. The molecular formula is C12H3Cl5O2. The molecule has 7 heteroatoms. The largest absolute Gasteiger partial charge is 0.449 e. The number of benzene rings is 2. The van der Waals surface area contributed by atoms with E-state index in [1.165, 1.54) is 6.07 Å². The van der Waals surface area contributed by atoms with Crippen LogP contribution in [0.5, 0.6) is 23.0 Å². The monoisotopic (exact) mass is 354 g/mol. The first-order valence-electron chi connectivity index (χ1n) is 4.99. The number of halogens is 5. The Hall–Kier alpha value is -0.510. The van der Waals surface area contributed by atoms with E-state index < -0.39 is 0 Å². The topological polar surface area (TPSA) is 18.5 Å². The molecule has 0 spiro atoms. The lowest BCUT2D eigenvalue weighted by Crippen LogP contribution is -2.00. The van der Waals surface area contributed by atoms with Crippen molar-refractivity contribution < 1.29 is 9.47 Å². The normalized spacial score (nSPS) is 12.3. The number of hydrogen-bond donors (Lipinski definition) is 0. The summed E-state index contributed by atoms with van der Waals surface area (Å²) in [5.74, 6) is 1.34. The highest BCUT2D eigenvalue weighted by atomic mass is 35.5. The zero-order chi connectivity index (χ0) is 13.7. The van der Waals surface area contributed by atoms with Crippen LogP contribution < -0.4 is 9.47 Å². The van der Waals surface area contributed by atoms with Gasteiger partial charge >= 0.3 is 0 Å². The van der Waals surface area contributed by atoms with Crippen molar-refractivity contribution >= 4 is 58.0 Å². The average Bonchev–Trinajstić information content (AvgIpc) is 2.34. The third-order valence-corrected chi connectivity index (χ3v) is 4.23. The Kier molecular flexibility index (Phi) is 3.40. The number of rotatable bonds is 0. The SMILES string of the molecule is Clc1cc(Cl)c2c(c1)Oc1cc(Cl)c(Cl)c(Cl)c1O2. The summed E-state index contributed by atoms with van der Waals surface area (Å²) < 4.78 is 11.3. The summed E-state index contributed by atoms with van der Waals surface area (Å²) in [6, 6.07) is 4.65. The molecule has 1 heterocycles. The molecule has 2 aromatic carbocycles. The fraction of sp³-hybridized carbons (Fsp3) is 0. The molecule has 2 nitrogen and oxygen atoms in total. The first-order valence-corrected chi connectivity index (χ1v) is 6.88. The molecule has 98 valence electrons. The molecule has 0 saturated carbocycles. The van der Waals surface area contributed by atoms with Crippen LogP contribution in [0.25, 0.3) is 0 Å². The first kappa shape index (κ1) is 13.5. The number of fused-ring (bicyclic) bond motifs is 2. The lowest BCUT2D eigenvalue weighted by molar-refractivity contribution is 0.360. The molecule has 0 radical (unpaired) electrons. The van der Waals surface area contributed by atoms with Crippen LogP contribution in [0.1, 0.15) is 0 Å². The Balaban J connectivity index is 2.20. The van der Waals surface area contributed by atoms with Crippen LogP contribution in [0.2, 0.25) is 25.1 Å². The molecule has 2 aromatic rings. The third kappa shape index (κ3) is 2.22. The summed E-state index contributed by atoms with van der Waals surface area (Å²) in [4.78, 5) is 0. The molecule has 1 aliphatic rings. The first-order chi connectivity index (χ1) is 8.97. The molecule has 0 N–H and O–H groups in total. The van der Waals surface area contributed by atoms with Crippen LogP contribution in [0.4, 0.5) is 0 Å². The van der Waals surface area contributed by atoms with Gasteiger partial charge in [-0.2, -0.15) is 0 Å².